The Morgan fingerprint density at radius 3 is 2.56 bits per heavy atom. The average molecular weight is 262 g/mol. The summed E-state index contributed by atoms with van der Waals surface area (Å²) in [6.07, 6.45) is 0. The smallest absolute Gasteiger partial charge is 0.272 e. The van der Waals surface area contributed by atoms with Crippen molar-refractivity contribution in [2.45, 2.75) is 11.8 Å². The first-order valence-corrected chi connectivity index (χ1v) is 6.57. The highest BCUT2D eigenvalue weighted by atomic mass is 32.2. The SMILES string of the molecule is CC(=O)N(C)/C(=N\O)S(=O)(=O)c1ccsc1. The Hall–Kier alpha value is -1.41. The molecule has 0 fully saturated rings. The number of amidine groups is 1. The summed E-state index contributed by atoms with van der Waals surface area (Å²) in [6.45, 7) is 1.17. The van der Waals surface area contributed by atoms with Gasteiger partial charge in [-0.3, -0.25) is 9.69 Å². The van der Waals surface area contributed by atoms with Crippen molar-refractivity contribution in [2.24, 2.45) is 5.16 Å². The fourth-order valence-corrected chi connectivity index (χ4v) is 3.28. The van der Waals surface area contributed by atoms with Gasteiger partial charge in [0.25, 0.3) is 5.17 Å². The molecule has 0 spiro atoms. The van der Waals surface area contributed by atoms with Crippen molar-refractivity contribution in [3.8, 4) is 0 Å². The maximum Gasteiger partial charge on any atom is 0.272 e. The van der Waals surface area contributed by atoms with Crippen LogP contribution in [0.2, 0.25) is 0 Å². The Bertz CT molecular complexity index is 504. The summed E-state index contributed by atoms with van der Waals surface area (Å²) in [6, 6.07) is 1.37. The summed E-state index contributed by atoms with van der Waals surface area (Å²) in [5, 5.41) is 13.7. The second-order valence-corrected chi connectivity index (χ2v) is 5.55. The highest BCUT2D eigenvalue weighted by Crippen LogP contribution is 2.17. The van der Waals surface area contributed by atoms with E-state index in [1.165, 1.54) is 36.8 Å². The summed E-state index contributed by atoms with van der Waals surface area (Å²) in [4.78, 5) is 11.8. The molecule has 0 unspecified atom stereocenters. The second-order valence-electron chi connectivity index (χ2n) is 2.92. The summed E-state index contributed by atoms with van der Waals surface area (Å²) in [5.41, 5.74) is 0. The molecule has 0 radical (unpaired) electrons. The van der Waals surface area contributed by atoms with Crippen LogP contribution in [0.4, 0.5) is 0 Å². The molecule has 0 bridgehead atoms. The number of nitrogens with zero attached hydrogens (tertiary/aromatic N) is 2. The van der Waals surface area contributed by atoms with E-state index in [1.807, 2.05) is 0 Å². The first-order chi connectivity index (χ1) is 7.41. The minimum atomic E-state index is -3.94. The average Bonchev–Trinajstić information content (AvgIpc) is 2.71. The number of amides is 1. The Kier molecular flexibility index (Phi) is 3.66. The maximum absolute atomic E-state index is 11.9. The molecule has 1 aromatic rings. The van der Waals surface area contributed by atoms with Gasteiger partial charge in [0.05, 0.1) is 4.90 Å². The third kappa shape index (κ3) is 2.22. The van der Waals surface area contributed by atoms with Gasteiger partial charge >= 0.3 is 0 Å². The van der Waals surface area contributed by atoms with E-state index in [9.17, 15) is 13.2 Å². The molecular weight excluding hydrogens is 252 g/mol. The fraction of sp³-hybridized carbons (Fsp3) is 0.250. The Morgan fingerprint density at radius 1 is 1.56 bits per heavy atom. The highest BCUT2D eigenvalue weighted by molar-refractivity contribution is 8.06. The van der Waals surface area contributed by atoms with E-state index in [0.29, 0.717) is 0 Å². The van der Waals surface area contributed by atoms with Crippen LogP contribution in [0.5, 0.6) is 0 Å². The van der Waals surface area contributed by atoms with E-state index in [4.69, 9.17) is 5.21 Å². The van der Waals surface area contributed by atoms with E-state index in [2.05, 4.69) is 5.16 Å². The van der Waals surface area contributed by atoms with E-state index in [0.717, 1.165) is 4.90 Å². The molecule has 1 aromatic heterocycles. The molecule has 0 atom stereocenters. The Labute approximate surface area is 96.7 Å². The third-order valence-electron chi connectivity index (χ3n) is 1.89. The summed E-state index contributed by atoms with van der Waals surface area (Å²) in [5.74, 6) is -0.536. The van der Waals surface area contributed by atoms with E-state index in [-0.39, 0.29) is 4.90 Å². The van der Waals surface area contributed by atoms with Gasteiger partial charge in [0.2, 0.25) is 15.7 Å². The topological polar surface area (TPSA) is 87.0 Å². The van der Waals surface area contributed by atoms with Crippen LogP contribution in [0.25, 0.3) is 0 Å². The molecule has 6 nitrogen and oxygen atoms in total. The molecular formula is C8H10N2O4S2. The number of carbonyl (C=O) groups is 1. The molecule has 0 aliphatic heterocycles. The van der Waals surface area contributed by atoms with Crippen LogP contribution in [-0.4, -0.2) is 36.6 Å². The highest BCUT2D eigenvalue weighted by Gasteiger charge is 2.29. The fourth-order valence-electron chi connectivity index (χ4n) is 0.946. The lowest BCUT2D eigenvalue weighted by molar-refractivity contribution is -0.124. The predicted octanol–water partition coefficient (Wildman–Crippen LogP) is 0.745. The number of hydrogen-bond donors (Lipinski definition) is 1. The predicted molar refractivity (Wildman–Crippen MR) is 59.2 cm³/mol. The van der Waals surface area contributed by atoms with Crippen LogP contribution < -0.4 is 0 Å². The van der Waals surface area contributed by atoms with Gasteiger partial charge in [0.1, 0.15) is 0 Å². The molecule has 0 saturated heterocycles. The van der Waals surface area contributed by atoms with Gasteiger partial charge in [-0.1, -0.05) is 5.16 Å². The van der Waals surface area contributed by atoms with Crippen molar-refractivity contribution < 1.29 is 18.4 Å². The first-order valence-electron chi connectivity index (χ1n) is 4.15. The van der Waals surface area contributed by atoms with Crippen LogP contribution in [0.15, 0.2) is 26.9 Å². The number of carbonyl (C=O) groups excluding carboxylic acids is 1. The zero-order valence-electron chi connectivity index (χ0n) is 8.61. The van der Waals surface area contributed by atoms with Gasteiger partial charge in [0.15, 0.2) is 0 Å². The molecule has 1 N–H and O–H groups in total. The van der Waals surface area contributed by atoms with Crippen LogP contribution in [-0.2, 0) is 14.6 Å². The number of thiophene rings is 1. The van der Waals surface area contributed by atoms with Crippen molar-refractivity contribution in [2.75, 3.05) is 7.05 Å². The molecule has 0 saturated carbocycles. The molecule has 1 heterocycles. The summed E-state index contributed by atoms with van der Waals surface area (Å²) >= 11 is 1.20. The largest absolute Gasteiger partial charge is 0.409 e. The van der Waals surface area contributed by atoms with Crippen molar-refractivity contribution in [1.82, 2.24) is 4.90 Å². The first kappa shape index (κ1) is 12.7. The Morgan fingerprint density at radius 2 is 2.19 bits per heavy atom. The zero-order chi connectivity index (χ0) is 12.3. The second kappa shape index (κ2) is 4.62. The van der Waals surface area contributed by atoms with Crippen molar-refractivity contribution in [3.63, 3.8) is 0 Å². The van der Waals surface area contributed by atoms with Crippen molar-refractivity contribution in [1.29, 1.82) is 0 Å². The quantitative estimate of drug-likeness (QED) is 0.350. The number of sulfone groups is 1. The molecule has 0 aliphatic carbocycles. The number of hydrogen-bond acceptors (Lipinski definition) is 6. The van der Waals surface area contributed by atoms with Crippen LogP contribution in [0.1, 0.15) is 6.92 Å². The minimum absolute atomic E-state index is 0.00148. The molecule has 0 aliphatic rings. The van der Waals surface area contributed by atoms with Gasteiger partial charge in [-0.15, -0.1) is 0 Å². The summed E-state index contributed by atoms with van der Waals surface area (Å²) in [7, 11) is -2.71. The van der Waals surface area contributed by atoms with Gasteiger partial charge in [-0.05, 0) is 11.4 Å². The molecule has 16 heavy (non-hydrogen) atoms. The van der Waals surface area contributed by atoms with E-state index >= 15 is 0 Å². The third-order valence-corrected chi connectivity index (χ3v) is 4.43. The summed E-state index contributed by atoms with van der Waals surface area (Å²) < 4.78 is 23.8. The van der Waals surface area contributed by atoms with Gasteiger partial charge in [0, 0.05) is 19.4 Å². The minimum Gasteiger partial charge on any atom is -0.409 e. The standard InChI is InChI=1S/C8H10N2O4S2/c1-6(11)10(2)8(9-12)16(13,14)7-3-4-15-5-7/h3-5,12H,1-2H3/b9-8+. The van der Waals surface area contributed by atoms with E-state index < -0.39 is 20.9 Å². The van der Waals surface area contributed by atoms with E-state index in [1.54, 1.807) is 5.38 Å². The number of rotatable bonds is 1. The lowest BCUT2D eigenvalue weighted by Crippen LogP contribution is -2.36. The van der Waals surface area contributed by atoms with Gasteiger partial charge in [-0.25, -0.2) is 8.42 Å². The van der Waals surface area contributed by atoms with Crippen LogP contribution in [0.3, 0.4) is 0 Å². The van der Waals surface area contributed by atoms with Crippen molar-refractivity contribution in [3.05, 3.63) is 16.8 Å². The van der Waals surface area contributed by atoms with Crippen LogP contribution in [0, 0.1) is 0 Å². The lowest BCUT2D eigenvalue weighted by Gasteiger charge is -2.15. The molecule has 0 aromatic carbocycles. The number of oxime groups is 1. The van der Waals surface area contributed by atoms with Crippen molar-refractivity contribution >= 4 is 32.2 Å². The lowest BCUT2D eigenvalue weighted by atomic mass is 10.6. The molecule has 1 amide bonds. The molecule has 88 valence electrons. The molecule has 8 heteroatoms. The van der Waals surface area contributed by atoms with Crippen LogP contribution >= 0.6 is 11.3 Å². The van der Waals surface area contributed by atoms with Gasteiger partial charge in [-0.2, -0.15) is 11.3 Å². The normalized spacial score (nSPS) is 12.5. The Balaban J connectivity index is 3.23. The molecule has 1 rings (SSSR count). The zero-order valence-corrected chi connectivity index (χ0v) is 10.2. The van der Waals surface area contributed by atoms with Gasteiger partial charge < -0.3 is 5.21 Å². The maximum atomic E-state index is 11.9. The monoisotopic (exact) mass is 262 g/mol.